The van der Waals surface area contributed by atoms with Crippen molar-refractivity contribution >= 4 is 27.5 Å². The van der Waals surface area contributed by atoms with Gasteiger partial charge in [-0.25, -0.2) is 13.1 Å². The molecule has 0 bridgehead atoms. The second-order valence-corrected chi connectivity index (χ2v) is 7.59. The number of nitrogens with zero attached hydrogens (tertiary/aromatic N) is 1. The fourth-order valence-electron chi connectivity index (χ4n) is 1.64. The highest BCUT2D eigenvalue weighted by atomic mass is 32.2. The number of nitrogens with one attached hydrogen (secondary N) is 2. The molecule has 0 aromatic heterocycles. The largest absolute Gasteiger partial charge is 0.326 e. The van der Waals surface area contributed by atoms with Crippen molar-refractivity contribution in [2.75, 3.05) is 33.0 Å². The molecule has 1 aromatic carbocycles. The molecular weight excluding hydrogens is 306 g/mol. The fraction of sp³-hybridized carbons (Fsp3) is 0.429. The van der Waals surface area contributed by atoms with Crippen LogP contribution in [0.15, 0.2) is 29.2 Å². The van der Waals surface area contributed by atoms with E-state index in [4.69, 9.17) is 0 Å². The predicted molar refractivity (Wildman–Crippen MR) is 83.6 cm³/mol. The van der Waals surface area contributed by atoms with E-state index in [-0.39, 0.29) is 17.3 Å². The molecule has 0 radical (unpaired) electrons. The Bertz CT molecular complexity index is 646. The maximum Gasteiger partial charge on any atom is 0.288 e. The first-order valence-corrected chi connectivity index (χ1v) is 8.28. The van der Waals surface area contributed by atoms with E-state index < -0.39 is 15.9 Å². The highest BCUT2D eigenvalue weighted by Gasteiger charge is 2.21. The third kappa shape index (κ3) is 5.82. The molecule has 0 atom stereocenters. The zero-order valence-corrected chi connectivity index (χ0v) is 14.0. The molecule has 0 aliphatic carbocycles. The number of carbonyl (C=O) groups is 2. The van der Waals surface area contributed by atoms with Gasteiger partial charge in [0.1, 0.15) is 0 Å². The Balaban J connectivity index is 2.81. The average molecular weight is 328 g/mol. The second kappa shape index (κ2) is 6.89. The fourth-order valence-corrected chi connectivity index (χ4v) is 2.62. The van der Waals surface area contributed by atoms with Gasteiger partial charge >= 0.3 is 0 Å². The zero-order valence-electron chi connectivity index (χ0n) is 13.2. The van der Waals surface area contributed by atoms with Gasteiger partial charge in [0.05, 0.1) is 26.0 Å². The van der Waals surface area contributed by atoms with E-state index in [0.29, 0.717) is 16.6 Å². The summed E-state index contributed by atoms with van der Waals surface area (Å²) in [6.45, 7) is 1.77. The molecule has 7 nitrogen and oxygen atoms in total. The van der Waals surface area contributed by atoms with Gasteiger partial charge in [0, 0.05) is 12.1 Å². The number of quaternary nitrogens is 1. The summed E-state index contributed by atoms with van der Waals surface area (Å²) in [5.41, 5.74) is 0.503. The molecule has 0 fully saturated rings. The molecule has 0 aliphatic heterocycles. The first-order valence-electron chi connectivity index (χ1n) is 6.79. The Morgan fingerprint density at radius 1 is 1.05 bits per heavy atom. The molecule has 0 unspecified atom stereocenters. The number of anilines is 1. The molecule has 0 spiro atoms. The Labute approximate surface area is 131 Å². The van der Waals surface area contributed by atoms with E-state index in [0.717, 1.165) is 0 Å². The monoisotopic (exact) mass is 328 g/mol. The van der Waals surface area contributed by atoms with Crippen LogP contribution in [-0.4, -0.2) is 52.4 Å². The van der Waals surface area contributed by atoms with E-state index in [9.17, 15) is 18.0 Å². The maximum absolute atomic E-state index is 12.1. The molecule has 8 heteroatoms. The van der Waals surface area contributed by atoms with Gasteiger partial charge in [0.25, 0.3) is 15.9 Å². The molecular formula is C14H22N3O4S+. The highest BCUT2D eigenvalue weighted by molar-refractivity contribution is 7.90. The molecule has 0 heterocycles. The van der Waals surface area contributed by atoms with Gasteiger partial charge in [0.2, 0.25) is 5.91 Å². The minimum atomic E-state index is -3.90. The quantitative estimate of drug-likeness (QED) is 0.746. The Morgan fingerprint density at radius 2 is 1.59 bits per heavy atom. The van der Waals surface area contributed by atoms with Gasteiger partial charge in [-0.05, 0) is 24.3 Å². The molecule has 0 saturated carbocycles. The minimum Gasteiger partial charge on any atom is -0.326 e. The summed E-state index contributed by atoms with van der Waals surface area (Å²) < 4.78 is 26.5. The van der Waals surface area contributed by atoms with Crippen molar-refractivity contribution in [2.24, 2.45) is 0 Å². The second-order valence-electron chi connectivity index (χ2n) is 5.90. The number of rotatable bonds is 6. The Hall–Kier alpha value is -1.93. The highest BCUT2D eigenvalue weighted by Crippen LogP contribution is 2.14. The van der Waals surface area contributed by atoms with Crippen LogP contribution < -0.4 is 10.0 Å². The van der Waals surface area contributed by atoms with Crippen LogP contribution >= 0.6 is 0 Å². The number of benzene rings is 1. The number of hydrogen-bond acceptors (Lipinski definition) is 4. The Kier molecular flexibility index (Phi) is 5.67. The number of likely N-dealkylation sites (N-methyl/N-ethyl adjacent to an activating group) is 1. The van der Waals surface area contributed by atoms with E-state index in [1.165, 1.54) is 24.3 Å². The summed E-state index contributed by atoms with van der Waals surface area (Å²) in [5.74, 6) is -0.734. The van der Waals surface area contributed by atoms with E-state index >= 15 is 0 Å². The van der Waals surface area contributed by atoms with Crippen LogP contribution in [0.3, 0.4) is 0 Å². The first kappa shape index (κ1) is 18.1. The van der Waals surface area contributed by atoms with Crippen LogP contribution in [0.5, 0.6) is 0 Å². The van der Waals surface area contributed by atoms with Crippen LogP contribution in [0.1, 0.15) is 13.3 Å². The van der Waals surface area contributed by atoms with Crippen molar-refractivity contribution in [3.05, 3.63) is 24.3 Å². The predicted octanol–water partition coefficient (Wildman–Crippen LogP) is 0.546. The third-order valence-corrected chi connectivity index (χ3v) is 4.02. The third-order valence-electron chi connectivity index (χ3n) is 2.64. The SMILES string of the molecule is CCC(=O)Nc1ccc(S(=O)(=O)NC(=O)C[N+](C)(C)C)cc1. The molecule has 2 amide bonds. The minimum absolute atomic E-state index is 0.0308. The van der Waals surface area contributed by atoms with Gasteiger partial charge in [0.15, 0.2) is 6.54 Å². The lowest BCUT2D eigenvalue weighted by Crippen LogP contribution is -2.45. The van der Waals surface area contributed by atoms with Gasteiger partial charge in [-0.3, -0.25) is 9.59 Å². The van der Waals surface area contributed by atoms with Crippen molar-refractivity contribution < 1.29 is 22.5 Å². The molecule has 1 aromatic rings. The lowest BCUT2D eigenvalue weighted by atomic mass is 10.3. The normalized spacial score (nSPS) is 11.8. The summed E-state index contributed by atoms with van der Waals surface area (Å²) in [5, 5.41) is 2.62. The summed E-state index contributed by atoms with van der Waals surface area (Å²) >= 11 is 0. The van der Waals surface area contributed by atoms with Gasteiger partial charge in [-0.15, -0.1) is 0 Å². The number of carbonyl (C=O) groups excluding carboxylic acids is 2. The smallest absolute Gasteiger partial charge is 0.288 e. The molecule has 2 N–H and O–H groups in total. The van der Waals surface area contributed by atoms with Crippen LogP contribution in [0, 0.1) is 0 Å². The van der Waals surface area contributed by atoms with Crippen LogP contribution in [-0.2, 0) is 19.6 Å². The number of sulfonamides is 1. The molecule has 1 rings (SSSR count). The van der Waals surface area contributed by atoms with E-state index in [2.05, 4.69) is 5.32 Å². The summed E-state index contributed by atoms with van der Waals surface area (Å²) in [6.07, 6.45) is 0.334. The van der Waals surface area contributed by atoms with E-state index in [1.807, 2.05) is 4.72 Å². The maximum atomic E-state index is 12.1. The summed E-state index contributed by atoms with van der Waals surface area (Å²) in [6, 6.07) is 5.64. The van der Waals surface area contributed by atoms with Gasteiger partial charge < -0.3 is 9.80 Å². The van der Waals surface area contributed by atoms with Gasteiger partial charge in [-0.2, -0.15) is 0 Å². The van der Waals surface area contributed by atoms with Gasteiger partial charge in [-0.1, -0.05) is 6.92 Å². The summed E-state index contributed by atoms with van der Waals surface area (Å²) in [4.78, 5) is 23.0. The molecule has 0 saturated heterocycles. The summed E-state index contributed by atoms with van der Waals surface area (Å²) in [7, 11) is 1.46. The lowest BCUT2D eigenvalue weighted by Gasteiger charge is -2.22. The lowest BCUT2D eigenvalue weighted by molar-refractivity contribution is -0.862. The van der Waals surface area contributed by atoms with Crippen LogP contribution in [0.4, 0.5) is 5.69 Å². The first-order chi connectivity index (χ1) is 10.0. The van der Waals surface area contributed by atoms with Crippen molar-refractivity contribution in [3.63, 3.8) is 0 Å². The van der Waals surface area contributed by atoms with Crippen molar-refractivity contribution in [3.8, 4) is 0 Å². The molecule has 122 valence electrons. The topological polar surface area (TPSA) is 92.3 Å². The van der Waals surface area contributed by atoms with Crippen molar-refractivity contribution in [2.45, 2.75) is 18.2 Å². The molecule has 0 aliphatic rings. The van der Waals surface area contributed by atoms with Crippen LogP contribution in [0.2, 0.25) is 0 Å². The van der Waals surface area contributed by atoms with Crippen molar-refractivity contribution in [1.29, 1.82) is 0 Å². The zero-order chi connectivity index (χ0) is 17.0. The van der Waals surface area contributed by atoms with Crippen molar-refractivity contribution in [1.82, 2.24) is 4.72 Å². The number of hydrogen-bond donors (Lipinski definition) is 2. The van der Waals surface area contributed by atoms with E-state index in [1.54, 1.807) is 28.1 Å². The number of amides is 2. The molecule has 22 heavy (non-hydrogen) atoms. The van der Waals surface area contributed by atoms with Crippen LogP contribution in [0.25, 0.3) is 0 Å². The average Bonchev–Trinajstić information content (AvgIpc) is 2.36. The standard InChI is InChI=1S/C14H21N3O4S/c1-5-13(18)15-11-6-8-12(9-7-11)22(20,21)16-14(19)10-17(2,3)4/h6-9H,5,10H2,1-4H3,(H-,15,16,18,19)/p+1. The Morgan fingerprint density at radius 3 is 2.05 bits per heavy atom.